The van der Waals surface area contributed by atoms with E-state index in [1.165, 1.54) is 30.4 Å². The zero-order chi connectivity index (χ0) is 16.8. The standard InChI is InChI=1S/C20H25N3O.HI/c1-24-14-17-8-3-5-12-19(17)23-20(21)22-13-16-10-6-9-15-7-2-4-11-18(15)16;/h2-5,7-8,11-12,16H,6,9-10,13-14H2,1H3,(H3,21,22,23);1H. The molecule has 5 heteroatoms. The van der Waals surface area contributed by atoms with Gasteiger partial charge in [0, 0.05) is 30.8 Å². The molecule has 134 valence electrons. The normalized spacial score (nSPS) is 16.7. The van der Waals surface area contributed by atoms with Crippen molar-refractivity contribution in [1.82, 2.24) is 0 Å². The van der Waals surface area contributed by atoms with Crippen LogP contribution in [0, 0.1) is 0 Å². The van der Waals surface area contributed by atoms with Crippen LogP contribution in [0.3, 0.4) is 0 Å². The third-order valence-corrected chi connectivity index (χ3v) is 4.56. The lowest BCUT2D eigenvalue weighted by Crippen LogP contribution is -2.25. The highest BCUT2D eigenvalue weighted by Crippen LogP contribution is 2.31. The first-order valence-electron chi connectivity index (χ1n) is 8.49. The molecular weight excluding hydrogens is 425 g/mol. The van der Waals surface area contributed by atoms with Crippen molar-refractivity contribution in [2.45, 2.75) is 31.8 Å². The minimum atomic E-state index is 0. The number of nitrogens with one attached hydrogen (secondary N) is 1. The Balaban J connectivity index is 0.00000225. The van der Waals surface area contributed by atoms with Crippen molar-refractivity contribution in [3.8, 4) is 0 Å². The Morgan fingerprint density at radius 3 is 2.80 bits per heavy atom. The number of rotatable bonds is 5. The van der Waals surface area contributed by atoms with Crippen LogP contribution in [-0.2, 0) is 17.8 Å². The number of methoxy groups -OCH3 is 1. The third-order valence-electron chi connectivity index (χ3n) is 4.56. The van der Waals surface area contributed by atoms with E-state index in [9.17, 15) is 0 Å². The summed E-state index contributed by atoms with van der Waals surface area (Å²) < 4.78 is 5.22. The highest BCUT2D eigenvalue weighted by atomic mass is 127. The lowest BCUT2D eigenvalue weighted by molar-refractivity contribution is 0.185. The predicted octanol–water partition coefficient (Wildman–Crippen LogP) is 4.30. The largest absolute Gasteiger partial charge is 0.380 e. The Kier molecular flexibility index (Phi) is 7.71. The van der Waals surface area contributed by atoms with Crippen molar-refractivity contribution in [2.75, 3.05) is 19.0 Å². The fourth-order valence-electron chi connectivity index (χ4n) is 3.35. The second kappa shape index (κ2) is 9.77. The minimum absolute atomic E-state index is 0. The molecule has 0 saturated heterocycles. The lowest BCUT2D eigenvalue weighted by Gasteiger charge is -2.24. The van der Waals surface area contributed by atoms with Gasteiger partial charge in [-0.25, -0.2) is 0 Å². The molecular formula is C20H26IN3O. The van der Waals surface area contributed by atoms with Crippen LogP contribution in [0.1, 0.15) is 35.4 Å². The van der Waals surface area contributed by atoms with Gasteiger partial charge in [0.25, 0.3) is 0 Å². The Bertz CT molecular complexity index is 718. The highest BCUT2D eigenvalue weighted by molar-refractivity contribution is 14.0. The maximum atomic E-state index is 6.11. The number of benzene rings is 2. The molecule has 1 unspecified atom stereocenters. The number of ether oxygens (including phenoxy) is 1. The van der Waals surface area contributed by atoms with Gasteiger partial charge in [-0.3, -0.25) is 4.99 Å². The Hall–Kier alpha value is -1.60. The lowest BCUT2D eigenvalue weighted by atomic mass is 9.83. The SMILES string of the molecule is COCc1ccccc1NC(N)=NCC1CCCc2ccccc21.I. The topological polar surface area (TPSA) is 59.6 Å². The molecule has 0 spiro atoms. The monoisotopic (exact) mass is 451 g/mol. The van der Waals surface area contributed by atoms with Crippen molar-refractivity contribution in [2.24, 2.45) is 10.7 Å². The van der Waals surface area contributed by atoms with Gasteiger partial charge in [0.2, 0.25) is 0 Å². The average molecular weight is 451 g/mol. The Morgan fingerprint density at radius 2 is 1.96 bits per heavy atom. The molecule has 3 N–H and O–H groups in total. The molecule has 0 fully saturated rings. The fourth-order valence-corrected chi connectivity index (χ4v) is 3.35. The molecule has 2 aromatic carbocycles. The van der Waals surface area contributed by atoms with Crippen molar-refractivity contribution in [1.29, 1.82) is 0 Å². The van der Waals surface area contributed by atoms with Crippen LogP contribution in [-0.4, -0.2) is 19.6 Å². The molecule has 1 atom stereocenters. The van der Waals surface area contributed by atoms with Gasteiger partial charge >= 0.3 is 0 Å². The number of guanidine groups is 1. The molecule has 0 aromatic heterocycles. The number of aliphatic imine (C=N–C) groups is 1. The molecule has 0 radical (unpaired) electrons. The van der Waals surface area contributed by atoms with Gasteiger partial charge in [-0.15, -0.1) is 24.0 Å². The van der Waals surface area contributed by atoms with Crippen LogP contribution < -0.4 is 11.1 Å². The van der Waals surface area contributed by atoms with E-state index in [0.29, 0.717) is 18.5 Å². The summed E-state index contributed by atoms with van der Waals surface area (Å²) in [5.74, 6) is 0.922. The van der Waals surface area contributed by atoms with Gasteiger partial charge in [-0.2, -0.15) is 0 Å². The number of anilines is 1. The van der Waals surface area contributed by atoms with Gasteiger partial charge in [-0.05, 0) is 36.5 Å². The number of hydrogen-bond acceptors (Lipinski definition) is 2. The van der Waals surface area contributed by atoms with Gasteiger partial charge in [0.15, 0.2) is 5.96 Å². The van der Waals surface area contributed by atoms with E-state index >= 15 is 0 Å². The summed E-state index contributed by atoms with van der Waals surface area (Å²) in [4.78, 5) is 4.59. The summed E-state index contributed by atoms with van der Waals surface area (Å²) in [7, 11) is 1.69. The van der Waals surface area contributed by atoms with Crippen molar-refractivity contribution < 1.29 is 4.74 Å². The Morgan fingerprint density at radius 1 is 1.20 bits per heavy atom. The van der Waals surface area contributed by atoms with Crippen LogP contribution in [0.2, 0.25) is 0 Å². The first-order valence-corrected chi connectivity index (χ1v) is 8.49. The van der Waals surface area contributed by atoms with Crippen LogP contribution in [0.15, 0.2) is 53.5 Å². The molecule has 3 rings (SSSR count). The van der Waals surface area contributed by atoms with Crippen molar-refractivity contribution >= 4 is 35.6 Å². The zero-order valence-electron chi connectivity index (χ0n) is 14.6. The number of fused-ring (bicyclic) bond motifs is 1. The van der Waals surface area contributed by atoms with E-state index < -0.39 is 0 Å². The second-order valence-corrected chi connectivity index (χ2v) is 6.23. The number of aryl methyl sites for hydroxylation is 1. The molecule has 0 heterocycles. The first kappa shape index (κ1) is 19.7. The molecule has 25 heavy (non-hydrogen) atoms. The van der Waals surface area contributed by atoms with Crippen LogP contribution >= 0.6 is 24.0 Å². The molecule has 1 aliphatic carbocycles. The van der Waals surface area contributed by atoms with Crippen LogP contribution in [0.5, 0.6) is 0 Å². The first-order chi connectivity index (χ1) is 11.8. The minimum Gasteiger partial charge on any atom is -0.380 e. The summed E-state index contributed by atoms with van der Waals surface area (Å²) in [6.07, 6.45) is 3.57. The van der Waals surface area contributed by atoms with E-state index in [2.05, 4.69) is 34.6 Å². The molecule has 4 nitrogen and oxygen atoms in total. The number of nitrogens with two attached hydrogens (primary N) is 1. The number of nitrogens with zero attached hydrogens (tertiary/aromatic N) is 1. The maximum absolute atomic E-state index is 6.11. The molecule has 0 bridgehead atoms. The summed E-state index contributed by atoms with van der Waals surface area (Å²) in [5, 5.41) is 3.21. The predicted molar refractivity (Wildman–Crippen MR) is 115 cm³/mol. The van der Waals surface area contributed by atoms with E-state index in [-0.39, 0.29) is 24.0 Å². The van der Waals surface area contributed by atoms with E-state index in [0.717, 1.165) is 17.8 Å². The summed E-state index contributed by atoms with van der Waals surface area (Å²) in [6, 6.07) is 16.7. The van der Waals surface area contributed by atoms with Crippen molar-refractivity contribution in [3.63, 3.8) is 0 Å². The number of hydrogen-bond donors (Lipinski definition) is 2. The van der Waals surface area contributed by atoms with Gasteiger partial charge < -0.3 is 15.8 Å². The second-order valence-electron chi connectivity index (χ2n) is 6.23. The summed E-state index contributed by atoms with van der Waals surface area (Å²) in [6.45, 7) is 1.27. The molecule has 0 amide bonds. The van der Waals surface area contributed by atoms with Gasteiger partial charge in [0.1, 0.15) is 0 Å². The highest BCUT2D eigenvalue weighted by Gasteiger charge is 2.19. The molecule has 0 aliphatic heterocycles. The molecule has 2 aromatic rings. The number of para-hydroxylation sites is 1. The van der Waals surface area contributed by atoms with Crippen molar-refractivity contribution in [3.05, 3.63) is 65.2 Å². The maximum Gasteiger partial charge on any atom is 0.193 e. The third kappa shape index (κ3) is 5.19. The summed E-state index contributed by atoms with van der Waals surface area (Å²) in [5.41, 5.74) is 11.0. The van der Waals surface area contributed by atoms with Crippen LogP contribution in [0.4, 0.5) is 5.69 Å². The quantitative estimate of drug-likeness (QED) is 0.405. The van der Waals surface area contributed by atoms with E-state index in [1.807, 2.05) is 24.3 Å². The number of halogens is 1. The Labute approximate surface area is 166 Å². The van der Waals surface area contributed by atoms with Gasteiger partial charge in [0.05, 0.1) is 6.61 Å². The molecule has 1 aliphatic rings. The average Bonchev–Trinajstić information content (AvgIpc) is 2.62. The zero-order valence-corrected chi connectivity index (χ0v) is 16.9. The van der Waals surface area contributed by atoms with Gasteiger partial charge in [-0.1, -0.05) is 42.5 Å². The van der Waals surface area contributed by atoms with Crippen LogP contribution in [0.25, 0.3) is 0 Å². The molecule has 0 saturated carbocycles. The smallest absolute Gasteiger partial charge is 0.193 e. The van der Waals surface area contributed by atoms with E-state index in [1.54, 1.807) is 7.11 Å². The van der Waals surface area contributed by atoms with E-state index in [4.69, 9.17) is 10.5 Å². The summed E-state index contributed by atoms with van der Waals surface area (Å²) >= 11 is 0. The fraction of sp³-hybridized carbons (Fsp3) is 0.350.